The van der Waals surface area contributed by atoms with E-state index in [0.717, 1.165) is 6.20 Å². The number of alkyl halides is 2. The summed E-state index contributed by atoms with van der Waals surface area (Å²) >= 11 is 7.00. The summed E-state index contributed by atoms with van der Waals surface area (Å²) in [5.41, 5.74) is 0.199. The molecule has 14 heavy (non-hydrogen) atoms. The monoisotopic (exact) mass is 331 g/mol. The van der Waals surface area contributed by atoms with Gasteiger partial charge in [0.2, 0.25) is 0 Å². The summed E-state index contributed by atoms with van der Waals surface area (Å²) in [5, 5.41) is -0.738. The Balaban J connectivity index is 3.33. The molecule has 1 rings (SSSR count). The number of nitrogens with zero attached hydrogens (tertiary/aromatic N) is 1. The van der Waals surface area contributed by atoms with Crippen molar-refractivity contribution in [2.45, 2.75) is 13.3 Å². The summed E-state index contributed by atoms with van der Waals surface area (Å²) in [7, 11) is 0. The molecule has 76 valence electrons. The number of halogens is 4. The predicted molar refractivity (Wildman–Crippen MR) is 56.8 cm³/mol. The summed E-state index contributed by atoms with van der Waals surface area (Å²) in [6.45, 7) is 1.51. The first-order chi connectivity index (χ1) is 6.45. The number of hydrogen-bond acceptors (Lipinski definition) is 2. The number of carbonyl (C=O) groups is 1. The van der Waals surface area contributed by atoms with Crippen LogP contribution < -0.4 is 0 Å². The fraction of sp³-hybridized carbons (Fsp3) is 0.250. The quantitative estimate of drug-likeness (QED) is 0.615. The van der Waals surface area contributed by atoms with Gasteiger partial charge in [-0.2, -0.15) is 0 Å². The van der Waals surface area contributed by atoms with E-state index in [-0.39, 0.29) is 11.3 Å². The van der Waals surface area contributed by atoms with Crippen LogP contribution in [0.15, 0.2) is 6.20 Å². The van der Waals surface area contributed by atoms with Gasteiger partial charge in [0.1, 0.15) is 5.69 Å². The molecule has 0 fully saturated rings. The molecule has 6 heteroatoms. The second kappa shape index (κ2) is 4.48. The van der Waals surface area contributed by atoms with Gasteiger partial charge in [0.05, 0.1) is 0 Å². The molecule has 0 atom stereocenters. The van der Waals surface area contributed by atoms with Crippen LogP contribution in [0.3, 0.4) is 0 Å². The van der Waals surface area contributed by atoms with E-state index in [0.29, 0.717) is 9.13 Å². The SMILES string of the molecule is Cc1c(C(F)F)cnc(C(=O)Cl)c1I. The Bertz CT molecular complexity index is 384. The molecule has 1 aromatic heterocycles. The van der Waals surface area contributed by atoms with Gasteiger partial charge in [-0.25, -0.2) is 8.78 Å². The summed E-state index contributed by atoms with van der Waals surface area (Å²) < 4.78 is 25.1. The molecule has 1 heterocycles. The third-order valence-corrected chi connectivity index (χ3v) is 3.22. The van der Waals surface area contributed by atoms with Gasteiger partial charge in [0, 0.05) is 15.3 Å². The maximum absolute atomic E-state index is 12.4. The summed E-state index contributed by atoms with van der Waals surface area (Å²) in [4.78, 5) is 14.4. The van der Waals surface area contributed by atoms with Crippen molar-refractivity contribution >= 4 is 39.4 Å². The van der Waals surface area contributed by atoms with Crippen molar-refractivity contribution in [1.82, 2.24) is 4.98 Å². The molecule has 0 bridgehead atoms. The fourth-order valence-corrected chi connectivity index (χ4v) is 1.95. The lowest BCUT2D eigenvalue weighted by atomic mass is 10.1. The molecule has 0 saturated carbocycles. The van der Waals surface area contributed by atoms with Crippen LogP contribution in [0.4, 0.5) is 8.78 Å². The largest absolute Gasteiger partial charge is 0.274 e. The number of pyridine rings is 1. The van der Waals surface area contributed by atoms with Gasteiger partial charge < -0.3 is 0 Å². The van der Waals surface area contributed by atoms with Crippen molar-refractivity contribution in [2.24, 2.45) is 0 Å². The normalized spacial score (nSPS) is 10.7. The standard InChI is InChI=1S/C8H5ClF2INO/c1-3-4(8(10)11)2-13-6(5(3)12)7(9)14/h2,8H,1H3. The molecule has 0 amide bonds. The van der Waals surface area contributed by atoms with Gasteiger partial charge >= 0.3 is 0 Å². The molecule has 0 spiro atoms. The summed E-state index contributed by atoms with van der Waals surface area (Å²) in [6.07, 6.45) is -1.60. The molecule has 0 N–H and O–H groups in total. The van der Waals surface area contributed by atoms with Crippen LogP contribution in [0.1, 0.15) is 28.0 Å². The highest BCUT2D eigenvalue weighted by Crippen LogP contribution is 2.27. The molecule has 0 aromatic carbocycles. The van der Waals surface area contributed by atoms with E-state index < -0.39 is 11.7 Å². The van der Waals surface area contributed by atoms with E-state index in [1.54, 1.807) is 22.6 Å². The van der Waals surface area contributed by atoms with Gasteiger partial charge in [-0.15, -0.1) is 0 Å². The third-order valence-electron chi connectivity index (χ3n) is 1.72. The molecule has 1 aromatic rings. The highest BCUT2D eigenvalue weighted by molar-refractivity contribution is 14.1. The average Bonchev–Trinajstić information content (AvgIpc) is 2.08. The molecular weight excluding hydrogens is 326 g/mol. The Morgan fingerprint density at radius 1 is 1.64 bits per heavy atom. The Morgan fingerprint density at radius 2 is 2.21 bits per heavy atom. The molecule has 2 nitrogen and oxygen atoms in total. The van der Waals surface area contributed by atoms with Crippen LogP contribution in [0, 0.1) is 10.5 Å². The lowest BCUT2D eigenvalue weighted by Crippen LogP contribution is -2.04. The maximum Gasteiger partial charge on any atom is 0.271 e. The van der Waals surface area contributed by atoms with Crippen LogP contribution >= 0.6 is 34.2 Å². The number of hydrogen-bond donors (Lipinski definition) is 0. The van der Waals surface area contributed by atoms with E-state index in [1.807, 2.05) is 0 Å². The summed E-state index contributed by atoms with van der Waals surface area (Å²) in [6, 6.07) is 0. The van der Waals surface area contributed by atoms with Crippen LogP contribution in [0.5, 0.6) is 0 Å². The lowest BCUT2D eigenvalue weighted by Gasteiger charge is -2.07. The minimum Gasteiger partial charge on any atom is -0.274 e. The zero-order chi connectivity index (χ0) is 10.9. The molecular formula is C8H5ClF2INO. The van der Waals surface area contributed by atoms with Crippen molar-refractivity contribution in [2.75, 3.05) is 0 Å². The predicted octanol–water partition coefficient (Wildman–Crippen LogP) is 3.31. The Labute approximate surface area is 97.8 Å². The lowest BCUT2D eigenvalue weighted by molar-refractivity contribution is 0.107. The first kappa shape index (κ1) is 11.8. The smallest absolute Gasteiger partial charge is 0.271 e. The molecule has 0 saturated heterocycles. The first-order valence-corrected chi connectivity index (χ1v) is 5.03. The molecule has 0 aliphatic heterocycles. The molecule has 0 aliphatic carbocycles. The second-order valence-electron chi connectivity index (χ2n) is 2.58. The maximum atomic E-state index is 12.4. The number of rotatable bonds is 2. The van der Waals surface area contributed by atoms with Gasteiger partial charge in [-0.1, -0.05) is 0 Å². The highest BCUT2D eigenvalue weighted by atomic mass is 127. The van der Waals surface area contributed by atoms with Gasteiger partial charge in [-0.05, 0) is 46.7 Å². The van der Waals surface area contributed by atoms with Crippen LogP contribution in [0.2, 0.25) is 0 Å². The Kier molecular flexibility index (Phi) is 3.77. The third kappa shape index (κ3) is 2.20. The zero-order valence-electron chi connectivity index (χ0n) is 7.02. The number of aromatic nitrogens is 1. The molecule has 0 unspecified atom stereocenters. The Hall–Kier alpha value is -0.300. The van der Waals surface area contributed by atoms with Crippen LogP contribution in [0.25, 0.3) is 0 Å². The minimum absolute atomic E-state index is 0.0224. The van der Waals surface area contributed by atoms with Gasteiger partial charge in [-0.3, -0.25) is 9.78 Å². The van der Waals surface area contributed by atoms with Crippen molar-refractivity contribution in [1.29, 1.82) is 0 Å². The second-order valence-corrected chi connectivity index (χ2v) is 4.00. The average molecular weight is 331 g/mol. The Morgan fingerprint density at radius 3 is 2.64 bits per heavy atom. The fourth-order valence-electron chi connectivity index (χ4n) is 0.949. The number of carbonyl (C=O) groups excluding carboxylic acids is 1. The van der Waals surface area contributed by atoms with Gasteiger partial charge in [0.25, 0.3) is 11.7 Å². The van der Waals surface area contributed by atoms with Crippen molar-refractivity contribution in [3.8, 4) is 0 Å². The van der Waals surface area contributed by atoms with Crippen LogP contribution in [-0.4, -0.2) is 10.2 Å². The van der Waals surface area contributed by atoms with Crippen molar-refractivity contribution in [3.63, 3.8) is 0 Å². The minimum atomic E-state index is -2.59. The highest BCUT2D eigenvalue weighted by Gasteiger charge is 2.18. The van der Waals surface area contributed by atoms with E-state index in [4.69, 9.17) is 11.6 Å². The van der Waals surface area contributed by atoms with E-state index in [2.05, 4.69) is 4.98 Å². The molecule has 0 radical (unpaired) electrons. The first-order valence-electron chi connectivity index (χ1n) is 3.58. The zero-order valence-corrected chi connectivity index (χ0v) is 9.94. The van der Waals surface area contributed by atoms with E-state index >= 15 is 0 Å². The topological polar surface area (TPSA) is 30.0 Å². The van der Waals surface area contributed by atoms with E-state index in [9.17, 15) is 13.6 Å². The van der Waals surface area contributed by atoms with E-state index in [1.165, 1.54) is 6.92 Å². The van der Waals surface area contributed by atoms with Crippen molar-refractivity contribution in [3.05, 3.63) is 26.6 Å². The van der Waals surface area contributed by atoms with Crippen LogP contribution in [-0.2, 0) is 0 Å². The molecule has 0 aliphatic rings. The van der Waals surface area contributed by atoms with Crippen molar-refractivity contribution < 1.29 is 13.6 Å². The van der Waals surface area contributed by atoms with Gasteiger partial charge in [0.15, 0.2) is 0 Å². The summed E-state index contributed by atoms with van der Waals surface area (Å²) in [5.74, 6) is 0.